The van der Waals surface area contributed by atoms with Crippen LogP contribution in [0.1, 0.15) is 71.6 Å². The smallest absolute Gasteiger partial charge is 0.314 e. The van der Waals surface area contributed by atoms with Crippen molar-refractivity contribution in [1.29, 1.82) is 0 Å². The molecule has 8 fully saturated rings. The lowest BCUT2D eigenvalue weighted by Gasteiger charge is -2.64. The van der Waals surface area contributed by atoms with Crippen molar-refractivity contribution < 1.29 is 109 Å². The van der Waals surface area contributed by atoms with Crippen LogP contribution < -0.4 is 0 Å². The Labute approximate surface area is 375 Å². The number of fused-ring (bicyclic) bond motifs is 3. The van der Waals surface area contributed by atoms with E-state index in [2.05, 4.69) is 13.5 Å². The molecule has 0 aromatic rings. The summed E-state index contributed by atoms with van der Waals surface area (Å²) in [6, 6.07) is 0. The Morgan fingerprint density at radius 3 is 1.83 bits per heavy atom. The molecule has 25 atom stereocenters. The molecule has 13 N–H and O–H groups in total. The van der Waals surface area contributed by atoms with E-state index < -0.39 is 166 Å². The molecule has 4 aliphatic heterocycles. The Kier molecular flexibility index (Phi) is 14.3. The Morgan fingerprint density at radius 2 is 1.18 bits per heavy atom. The minimum atomic E-state index is -1.92. The fraction of sp³-hybridized carbons (Fsp3) is 0.930. The fourth-order valence-electron chi connectivity index (χ4n) is 13.2. The second-order valence-corrected chi connectivity index (χ2v) is 20.4. The van der Waals surface area contributed by atoms with E-state index in [-0.39, 0.29) is 17.3 Å². The van der Waals surface area contributed by atoms with Gasteiger partial charge < -0.3 is 104 Å². The van der Waals surface area contributed by atoms with E-state index in [4.69, 9.17) is 37.9 Å². The Bertz CT molecular complexity index is 1710. The highest BCUT2D eigenvalue weighted by atomic mass is 16.8. The van der Waals surface area contributed by atoms with E-state index in [1.165, 1.54) is 0 Å². The summed E-state index contributed by atoms with van der Waals surface area (Å²) in [5.74, 6) is -0.744. The van der Waals surface area contributed by atoms with Crippen molar-refractivity contribution in [2.75, 3.05) is 26.4 Å². The molecule has 0 aromatic heterocycles. The predicted octanol–water partition coefficient (Wildman–Crippen LogP) is -4.47. The maximum Gasteiger partial charge on any atom is 0.314 e. The summed E-state index contributed by atoms with van der Waals surface area (Å²) in [4.78, 5) is 14.3. The van der Waals surface area contributed by atoms with Crippen molar-refractivity contribution in [3.63, 3.8) is 0 Å². The third-order valence-corrected chi connectivity index (χ3v) is 16.7. The lowest BCUT2D eigenvalue weighted by Crippen LogP contribution is -2.67. The highest BCUT2D eigenvalue weighted by Crippen LogP contribution is 2.73. The maximum atomic E-state index is 14.3. The van der Waals surface area contributed by atoms with Crippen LogP contribution >= 0.6 is 0 Å². The molecule has 372 valence electrons. The molecular formula is C43H68O22. The number of ether oxygens (including phenoxy) is 8. The Hall–Kier alpha value is -1.59. The van der Waals surface area contributed by atoms with Crippen LogP contribution in [0.2, 0.25) is 0 Å². The van der Waals surface area contributed by atoms with Crippen LogP contribution in [0.3, 0.4) is 0 Å². The second kappa shape index (κ2) is 18.6. The van der Waals surface area contributed by atoms with Gasteiger partial charge >= 0.3 is 5.97 Å². The number of hydrogen-bond donors (Lipinski definition) is 13. The number of rotatable bonds is 11. The molecular weight excluding hydrogens is 868 g/mol. The molecule has 4 saturated carbocycles. The molecule has 2 bridgehead atoms. The molecule has 8 rings (SSSR count). The van der Waals surface area contributed by atoms with Crippen molar-refractivity contribution in [2.24, 2.45) is 28.1 Å². The van der Waals surface area contributed by atoms with Crippen LogP contribution in [0, 0.1) is 28.1 Å². The minimum absolute atomic E-state index is 0.0525. The minimum Gasteiger partial charge on any atom is -0.432 e. The molecule has 8 aliphatic rings. The third-order valence-electron chi connectivity index (χ3n) is 16.7. The average Bonchev–Trinajstić information content (AvgIpc) is 3.48. The molecule has 22 unspecified atom stereocenters. The summed E-state index contributed by atoms with van der Waals surface area (Å²) in [6.07, 6.45) is -26.1. The first-order valence-corrected chi connectivity index (χ1v) is 22.8. The molecule has 1 spiro atoms. The molecule has 4 aliphatic carbocycles. The van der Waals surface area contributed by atoms with E-state index >= 15 is 0 Å². The zero-order valence-electron chi connectivity index (χ0n) is 36.5. The third kappa shape index (κ3) is 8.32. The predicted molar refractivity (Wildman–Crippen MR) is 213 cm³/mol. The highest BCUT2D eigenvalue weighted by molar-refractivity contribution is 5.77. The van der Waals surface area contributed by atoms with Gasteiger partial charge in [-0.2, -0.15) is 0 Å². The molecule has 0 amide bonds. The summed E-state index contributed by atoms with van der Waals surface area (Å²) < 4.78 is 48.1. The summed E-state index contributed by atoms with van der Waals surface area (Å²) >= 11 is 0. The molecule has 22 heteroatoms. The van der Waals surface area contributed by atoms with Gasteiger partial charge in [0.15, 0.2) is 18.9 Å². The monoisotopic (exact) mass is 936 g/mol. The second-order valence-electron chi connectivity index (χ2n) is 20.4. The molecule has 0 radical (unpaired) electrons. The lowest BCUT2D eigenvalue weighted by molar-refractivity contribution is -0.395. The summed E-state index contributed by atoms with van der Waals surface area (Å²) in [5.41, 5.74) is -2.17. The lowest BCUT2D eigenvalue weighted by atomic mass is 9.41. The van der Waals surface area contributed by atoms with Crippen LogP contribution in [0.5, 0.6) is 0 Å². The van der Waals surface area contributed by atoms with Gasteiger partial charge in [-0.25, -0.2) is 0 Å². The SMILES string of the molecule is C=C1CC23CCC4[C@](C)(C(=O)OC5OC(CO)C(O)C(O)C5O)CCC[C@@]4(C)[C@@H]2CCC1(OC1OC(CO)C(O)C(OC2OC(CO)C(O)C(O)C2O)C1OC1OCC(O)C(O)C1O)C3. The summed E-state index contributed by atoms with van der Waals surface area (Å²) in [5, 5.41) is 137. The standard InChI is InChI=1S/C43H68O22/c1-17-11-42-9-5-22-40(2,7-4-8-41(22,3)39(57)64-37-32(56)29(53)26(50)20(13-45)60-37)23(42)6-10-43(17,16-42)65-38-34(63-35-30(54)24(48)18(47)15-58-35)33(27(51)21(14-46)61-38)62-36-31(55)28(52)25(49)19(12-44)59-36/h18-38,44-56H,1,4-16H2,2-3H3/t18?,19?,20?,21?,22?,23-,24?,25?,26?,27?,28?,29?,30?,31?,32?,33?,34?,35?,36?,37?,38?,40+,41+,42?,43?/m0/s1. The van der Waals surface area contributed by atoms with Crippen molar-refractivity contribution >= 4 is 5.97 Å². The van der Waals surface area contributed by atoms with Crippen LogP contribution in [0.15, 0.2) is 12.2 Å². The fourth-order valence-corrected chi connectivity index (χ4v) is 13.2. The number of carbonyl (C=O) groups is 1. The largest absolute Gasteiger partial charge is 0.432 e. The molecule has 4 saturated heterocycles. The molecule has 0 aromatic carbocycles. The molecule has 65 heavy (non-hydrogen) atoms. The normalized spacial score (nSPS) is 54.7. The van der Waals surface area contributed by atoms with Gasteiger partial charge in [0, 0.05) is 0 Å². The number of aliphatic hydroxyl groups is 13. The zero-order valence-corrected chi connectivity index (χ0v) is 36.5. The van der Waals surface area contributed by atoms with Crippen LogP contribution in [0.25, 0.3) is 0 Å². The van der Waals surface area contributed by atoms with Gasteiger partial charge in [0.25, 0.3) is 0 Å². The van der Waals surface area contributed by atoms with Gasteiger partial charge in [0.1, 0.15) is 91.6 Å². The van der Waals surface area contributed by atoms with E-state index in [9.17, 15) is 71.2 Å². The van der Waals surface area contributed by atoms with Gasteiger partial charge in [-0.05, 0) is 86.5 Å². The Morgan fingerprint density at radius 1 is 0.631 bits per heavy atom. The van der Waals surface area contributed by atoms with Crippen molar-refractivity contribution in [2.45, 2.75) is 194 Å². The van der Waals surface area contributed by atoms with Gasteiger partial charge in [0.05, 0.1) is 37.4 Å². The topological polar surface area (TPSA) is 354 Å². The maximum absolute atomic E-state index is 14.3. The van der Waals surface area contributed by atoms with Crippen molar-refractivity contribution in [3.8, 4) is 0 Å². The zero-order chi connectivity index (χ0) is 47.1. The first-order chi connectivity index (χ1) is 30.7. The first-order valence-electron chi connectivity index (χ1n) is 22.8. The van der Waals surface area contributed by atoms with Gasteiger partial charge in [-0.15, -0.1) is 0 Å². The van der Waals surface area contributed by atoms with E-state index in [0.29, 0.717) is 51.4 Å². The molecule has 22 nitrogen and oxygen atoms in total. The number of hydrogen-bond acceptors (Lipinski definition) is 22. The highest BCUT2D eigenvalue weighted by Gasteiger charge is 2.69. The van der Waals surface area contributed by atoms with Gasteiger partial charge in [0.2, 0.25) is 6.29 Å². The quantitative estimate of drug-likeness (QED) is 0.0528. The van der Waals surface area contributed by atoms with Crippen LogP contribution in [0.4, 0.5) is 0 Å². The van der Waals surface area contributed by atoms with Crippen LogP contribution in [-0.4, -0.2) is 221 Å². The van der Waals surface area contributed by atoms with Gasteiger partial charge in [-0.1, -0.05) is 19.9 Å². The number of aliphatic hydroxyl groups excluding tert-OH is 13. The average molecular weight is 937 g/mol. The van der Waals surface area contributed by atoms with E-state index in [0.717, 1.165) is 12.0 Å². The number of carbonyl (C=O) groups excluding carboxylic acids is 1. The summed E-state index contributed by atoms with van der Waals surface area (Å²) in [7, 11) is 0. The van der Waals surface area contributed by atoms with Crippen LogP contribution in [-0.2, 0) is 42.7 Å². The van der Waals surface area contributed by atoms with Crippen molar-refractivity contribution in [1.82, 2.24) is 0 Å². The first kappa shape index (κ1) is 49.8. The number of esters is 1. The van der Waals surface area contributed by atoms with E-state index in [1.54, 1.807) is 0 Å². The van der Waals surface area contributed by atoms with E-state index in [1.807, 2.05) is 6.92 Å². The summed E-state index contributed by atoms with van der Waals surface area (Å²) in [6.45, 7) is 5.86. The van der Waals surface area contributed by atoms with Crippen molar-refractivity contribution in [3.05, 3.63) is 12.2 Å². The van der Waals surface area contributed by atoms with Gasteiger partial charge in [-0.3, -0.25) is 4.79 Å². The molecule has 4 heterocycles. The Balaban J connectivity index is 1.05.